The summed E-state index contributed by atoms with van der Waals surface area (Å²) in [5, 5.41) is 4.74. The molecule has 160 valence electrons. The maximum atomic E-state index is 13.2. The third kappa shape index (κ3) is 5.77. The lowest BCUT2D eigenvalue weighted by molar-refractivity contribution is -0.119. The van der Waals surface area contributed by atoms with Crippen LogP contribution in [0.15, 0.2) is 82.8 Å². The summed E-state index contributed by atoms with van der Waals surface area (Å²) < 4.78 is 27.4. The number of benzene rings is 3. The number of hydrogen-bond acceptors (Lipinski definition) is 4. The van der Waals surface area contributed by atoms with Gasteiger partial charge in [-0.2, -0.15) is 5.10 Å². The highest BCUT2D eigenvalue weighted by Crippen LogP contribution is 2.30. The first-order valence-corrected chi connectivity index (χ1v) is 11.5. The molecule has 0 radical (unpaired) electrons. The number of nitrogens with zero attached hydrogens (tertiary/aromatic N) is 2. The Balaban J connectivity index is 1.87. The Labute approximate surface area is 195 Å². The predicted molar refractivity (Wildman–Crippen MR) is 125 cm³/mol. The van der Waals surface area contributed by atoms with Gasteiger partial charge in [0, 0.05) is 10.6 Å². The summed E-state index contributed by atoms with van der Waals surface area (Å²) in [5.41, 5.74) is 3.10. The van der Waals surface area contributed by atoms with Crippen LogP contribution in [0.4, 0.5) is 5.69 Å². The van der Waals surface area contributed by atoms with Gasteiger partial charge in [-0.3, -0.25) is 9.10 Å². The number of carbonyl (C=O) groups is 1. The highest BCUT2D eigenvalue weighted by atomic mass is 35.5. The fraction of sp³-hybridized carbons (Fsp3) is 0.0476. The molecule has 0 aliphatic carbocycles. The van der Waals surface area contributed by atoms with Gasteiger partial charge in [-0.15, -0.1) is 0 Å². The van der Waals surface area contributed by atoms with Crippen LogP contribution in [0.5, 0.6) is 0 Å². The molecule has 0 heterocycles. The number of hydrogen-bond donors (Lipinski definition) is 1. The van der Waals surface area contributed by atoms with Gasteiger partial charge in [-0.05, 0) is 36.4 Å². The molecule has 10 heteroatoms. The van der Waals surface area contributed by atoms with E-state index in [9.17, 15) is 13.2 Å². The summed E-state index contributed by atoms with van der Waals surface area (Å²) in [6.07, 6.45) is 1.37. The van der Waals surface area contributed by atoms with Crippen LogP contribution >= 0.6 is 34.8 Å². The molecule has 0 fully saturated rings. The minimum Gasteiger partial charge on any atom is -0.271 e. The van der Waals surface area contributed by atoms with Gasteiger partial charge in [0.2, 0.25) is 0 Å². The molecule has 0 saturated carbocycles. The van der Waals surface area contributed by atoms with Crippen molar-refractivity contribution in [2.45, 2.75) is 4.90 Å². The fourth-order valence-corrected chi connectivity index (χ4v) is 4.51. The molecular formula is C21H16Cl3N3O3S. The zero-order valence-corrected chi connectivity index (χ0v) is 19.0. The van der Waals surface area contributed by atoms with Crippen LogP contribution in [0.2, 0.25) is 15.1 Å². The van der Waals surface area contributed by atoms with Gasteiger partial charge < -0.3 is 0 Å². The second-order valence-corrected chi connectivity index (χ2v) is 9.32. The second-order valence-electron chi connectivity index (χ2n) is 6.24. The summed E-state index contributed by atoms with van der Waals surface area (Å²) in [7, 11) is -4.06. The van der Waals surface area contributed by atoms with Gasteiger partial charge in [0.05, 0.1) is 26.8 Å². The number of anilines is 1. The SMILES string of the molecule is O=C(CN(c1ccc(Cl)c(Cl)c1)S(=O)(=O)c1ccccc1)N/N=C\c1ccccc1Cl. The molecule has 0 unspecified atom stereocenters. The Morgan fingerprint density at radius 2 is 1.58 bits per heavy atom. The number of carbonyl (C=O) groups excluding carboxylic acids is 1. The lowest BCUT2D eigenvalue weighted by Crippen LogP contribution is -2.39. The summed E-state index contributed by atoms with van der Waals surface area (Å²) in [6, 6.07) is 19.0. The normalized spacial score (nSPS) is 11.5. The van der Waals surface area contributed by atoms with Crippen molar-refractivity contribution in [3.05, 3.63) is 93.4 Å². The Bertz CT molecular complexity index is 1220. The van der Waals surface area contributed by atoms with Crippen molar-refractivity contribution in [3.63, 3.8) is 0 Å². The predicted octanol–water partition coefficient (Wildman–Crippen LogP) is 4.99. The van der Waals surface area contributed by atoms with Crippen LogP contribution in [0, 0.1) is 0 Å². The van der Waals surface area contributed by atoms with Crippen molar-refractivity contribution >= 4 is 62.6 Å². The van der Waals surface area contributed by atoms with Gasteiger partial charge >= 0.3 is 0 Å². The molecule has 0 saturated heterocycles. The number of sulfonamides is 1. The molecule has 3 rings (SSSR count). The van der Waals surface area contributed by atoms with E-state index in [2.05, 4.69) is 10.5 Å². The van der Waals surface area contributed by atoms with Crippen LogP contribution < -0.4 is 9.73 Å². The van der Waals surface area contributed by atoms with Crippen molar-refractivity contribution in [3.8, 4) is 0 Å². The molecule has 0 spiro atoms. The number of rotatable bonds is 7. The zero-order chi connectivity index (χ0) is 22.4. The van der Waals surface area contributed by atoms with Crippen LogP contribution in [0.1, 0.15) is 5.56 Å². The highest BCUT2D eigenvalue weighted by molar-refractivity contribution is 7.92. The Hall–Kier alpha value is -2.58. The third-order valence-corrected chi connectivity index (χ3v) is 6.98. The van der Waals surface area contributed by atoms with Gasteiger partial charge in [0.1, 0.15) is 6.54 Å². The average molecular weight is 497 g/mol. The number of halogens is 3. The molecule has 31 heavy (non-hydrogen) atoms. The van der Waals surface area contributed by atoms with Crippen LogP contribution in [0.3, 0.4) is 0 Å². The fourth-order valence-electron chi connectivity index (χ4n) is 2.59. The van der Waals surface area contributed by atoms with Gasteiger partial charge in [0.15, 0.2) is 0 Å². The monoisotopic (exact) mass is 495 g/mol. The molecular weight excluding hydrogens is 481 g/mol. The molecule has 3 aromatic rings. The van der Waals surface area contributed by atoms with E-state index in [1.54, 1.807) is 42.5 Å². The van der Waals surface area contributed by atoms with Gasteiger partial charge in [-0.25, -0.2) is 13.8 Å². The maximum absolute atomic E-state index is 13.2. The molecule has 1 amide bonds. The quantitative estimate of drug-likeness (QED) is 0.370. The van der Waals surface area contributed by atoms with Crippen molar-refractivity contribution in [1.82, 2.24) is 5.43 Å². The van der Waals surface area contributed by atoms with E-state index in [1.807, 2.05) is 0 Å². The molecule has 0 aliphatic rings. The number of nitrogens with one attached hydrogen (secondary N) is 1. The topological polar surface area (TPSA) is 78.8 Å². The molecule has 3 aromatic carbocycles. The van der Waals surface area contributed by atoms with Crippen molar-refractivity contribution < 1.29 is 13.2 Å². The van der Waals surface area contributed by atoms with Crippen LogP contribution in [-0.4, -0.2) is 27.1 Å². The van der Waals surface area contributed by atoms with E-state index in [0.717, 1.165) is 4.31 Å². The maximum Gasteiger partial charge on any atom is 0.264 e. The third-order valence-electron chi connectivity index (χ3n) is 4.11. The van der Waals surface area contributed by atoms with E-state index in [1.165, 1.54) is 36.5 Å². The van der Waals surface area contributed by atoms with E-state index in [4.69, 9.17) is 34.8 Å². The first-order chi connectivity index (χ1) is 14.8. The van der Waals surface area contributed by atoms with Crippen LogP contribution in [0.25, 0.3) is 0 Å². The Kier molecular flexibility index (Phi) is 7.56. The summed E-state index contributed by atoms with van der Waals surface area (Å²) >= 11 is 18.1. The van der Waals surface area contributed by atoms with Gasteiger partial charge in [0.25, 0.3) is 15.9 Å². The molecule has 1 N–H and O–H groups in total. The molecule has 0 aliphatic heterocycles. The Morgan fingerprint density at radius 3 is 2.26 bits per heavy atom. The van der Waals surface area contributed by atoms with E-state index < -0.39 is 22.5 Å². The minimum absolute atomic E-state index is 0.0217. The average Bonchev–Trinajstić information content (AvgIpc) is 2.76. The van der Waals surface area contributed by atoms with Gasteiger partial charge in [-0.1, -0.05) is 71.2 Å². The number of hydrazone groups is 1. The first-order valence-electron chi connectivity index (χ1n) is 8.88. The highest BCUT2D eigenvalue weighted by Gasteiger charge is 2.27. The summed E-state index contributed by atoms with van der Waals surface area (Å²) in [5.74, 6) is -0.658. The van der Waals surface area contributed by atoms with Crippen molar-refractivity contribution in [1.29, 1.82) is 0 Å². The summed E-state index contributed by atoms with van der Waals surface area (Å²) in [4.78, 5) is 12.5. The molecule has 0 aromatic heterocycles. The number of amides is 1. The zero-order valence-electron chi connectivity index (χ0n) is 15.9. The van der Waals surface area contributed by atoms with Crippen molar-refractivity contribution in [2.75, 3.05) is 10.8 Å². The van der Waals surface area contributed by atoms with E-state index in [-0.39, 0.29) is 20.6 Å². The minimum atomic E-state index is -4.06. The lowest BCUT2D eigenvalue weighted by Gasteiger charge is -2.24. The largest absolute Gasteiger partial charge is 0.271 e. The van der Waals surface area contributed by atoms with Crippen LogP contribution in [-0.2, 0) is 14.8 Å². The molecule has 0 atom stereocenters. The summed E-state index contributed by atoms with van der Waals surface area (Å²) in [6.45, 7) is -0.533. The van der Waals surface area contributed by atoms with E-state index >= 15 is 0 Å². The smallest absolute Gasteiger partial charge is 0.264 e. The molecule has 6 nitrogen and oxygen atoms in total. The Morgan fingerprint density at radius 1 is 0.903 bits per heavy atom. The first kappa shape index (κ1) is 23.1. The molecule has 0 bridgehead atoms. The lowest BCUT2D eigenvalue weighted by atomic mass is 10.2. The van der Waals surface area contributed by atoms with E-state index in [0.29, 0.717) is 10.6 Å². The second kappa shape index (κ2) is 10.2. The van der Waals surface area contributed by atoms with Crippen molar-refractivity contribution in [2.24, 2.45) is 5.10 Å². The standard InChI is InChI=1S/C21H16Cl3N3O3S/c22-18-9-5-4-6-15(18)13-25-26-21(28)14-27(16-10-11-19(23)20(24)12-16)31(29,30)17-7-2-1-3-8-17/h1-13H,14H2,(H,26,28)/b25-13-.